The highest BCUT2D eigenvalue weighted by Gasteiger charge is 2.18. The van der Waals surface area contributed by atoms with Gasteiger partial charge >= 0.3 is 5.88 Å². The maximum absolute atomic E-state index is 6.15. The summed E-state index contributed by atoms with van der Waals surface area (Å²) in [6.07, 6.45) is 0. The Hall–Kier alpha value is -2.84. The summed E-state index contributed by atoms with van der Waals surface area (Å²) in [7, 11) is 0. The highest BCUT2D eigenvalue weighted by molar-refractivity contribution is 6.30. The van der Waals surface area contributed by atoms with Gasteiger partial charge in [-0.3, -0.25) is 0 Å². The molecule has 0 spiro atoms. The van der Waals surface area contributed by atoms with E-state index in [0.717, 1.165) is 23.7 Å². The average Bonchev–Trinajstić information content (AvgIpc) is 2.64. The molecule has 0 N–H and O–H groups in total. The SMILES string of the molecule is Clc1cccc(Oc2ccc3ccccc3[n+]2Cc2ccccc2)c1. The van der Waals surface area contributed by atoms with E-state index in [1.807, 2.05) is 48.5 Å². The summed E-state index contributed by atoms with van der Waals surface area (Å²) >= 11 is 6.09. The third-order valence-corrected chi connectivity index (χ3v) is 4.34. The molecule has 0 bridgehead atoms. The Kier molecular flexibility index (Phi) is 4.36. The monoisotopic (exact) mass is 346 g/mol. The number of aromatic nitrogens is 1. The molecular weight excluding hydrogens is 330 g/mol. The van der Waals surface area contributed by atoms with Gasteiger partial charge in [-0.25, -0.2) is 0 Å². The summed E-state index contributed by atoms with van der Waals surface area (Å²) in [5.74, 6) is 1.51. The van der Waals surface area contributed by atoms with E-state index in [4.69, 9.17) is 16.3 Å². The second kappa shape index (κ2) is 6.96. The van der Waals surface area contributed by atoms with E-state index in [1.54, 1.807) is 0 Å². The molecule has 4 rings (SSSR count). The summed E-state index contributed by atoms with van der Waals surface area (Å²) < 4.78 is 8.34. The first kappa shape index (κ1) is 15.7. The molecule has 0 saturated carbocycles. The lowest BCUT2D eigenvalue weighted by molar-refractivity contribution is -0.666. The standard InChI is InChI=1S/C22H17ClNO/c23-19-10-6-11-20(15-19)25-22-14-13-18-9-4-5-12-21(18)24(22)16-17-7-2-1-3-8-17/h1-15H,16H2/q+1. The first-order chi connectivity index (χ1) is 12.3. The van der Waals surface area contributed by atoms with Crippen molar-refractivity contribution < 1.29 is 9.30 Å². The molecule has 0 unspecified atom stereocenters. The number of para-hydroxylation sites is 1. The Morgan fingerprint density at radius 3 is 2.40 bits per heavy atom. The highest BCUT2D eigenvalue weighted by atomic mass is 35.5. The minimum atomic E-state index is 0.660. The van der Waals surface area contributed by atoms with Crippen LogP contribution in [0.2, 0.25) is 5.02 Å². The number of ether oxygens (including phenoxy) is 1. The number of pyridine rings is 1. The van der Waals surface area contributed by atoms with Gasteiger partial charge in [0.15, 0.2) is 6.54 Å². The van der Waals surface area contributed by atoms with Crippen molar-refractivity contribution in [2.75, 3.05) is 0 Å². The number of halogens is 1. The molecule has 0 radical (unpaired) electrons. The molecule has 0 aliphatic heterocycles. The zero-order chi connectivity index (χ0) is 17.1. The van der Waals surface area contributed by atoms with E-state index in [1.165, 1.54) is 10.9 Å². The first-order valence-corrected chi connectivity index (χ1v) is 8.56. The fourth-order valence-electron chi connectivity index (χ4n) is 2.91. The molecule has 0 fully saturated rings. The van der Waals surface area contributed by atoms with E-state index in [2.05, 4.69) is 47.0 Å². The molecule has 25 heavy (non-hydrogen) atoms. The Labute approximate surface area is 151 Å². The van der Waals surface area contributed by atoms with Crippen molar-refractivity contribution in [2.24, 2.45) is 0 Å². The van der Waals surface area contributed by atoms with Crippen LogP contribution in [0.3, 0.4) is 0 Å². The van der Waals surface area contributed by atoms with E-state index >= 15 is 0 Å². The van der Waals surface area contributed by atoms with Crippen molar-refractivity contribution in [3.63, 3.8) is 0 Å². The topological polar surface area (TPSA) is 13.1 Å². The summed E-state index contributed by atoms with van der Waals surface area (Å²) in [6, 6.07) is 30.3. The zero-order valence-corrected chi connectivity index (χ0v) is 14.4. The van der Waals surface area contributed by atoms with Crippen molar-refractivity contribution >= 4 is 22.5 Å². The van der Waals surface area contributed by atoms with Crippen LogP contribution in [-0.2, 0) is 6.54 Å². The Morgan fingerprint density at radius 1 is 0.760 bits per heavy atom. The third-order valence-electron chi connectivity index (χ3n) is 4.10. The number of nitrogens with zero attached hydrogens (tertiary/aromatic N) is 1. The lowest BCUT2D eigenvalue weighted by atomic mass is 10.2. The van der Waals surface area contributed by atoms with Gasteiger partial charge in [-0.15, -0.1) is 0 Å². The second-order valence-corrected chi connectivity index (χ2v) is 6.30. The molecule has 4 aromatic rings. The first-order valence-electron chi connectivity index (χ1n) is 8.18. The van der Waals surface area contributed by atoms with E-state index in [9.17, 15) is 0 Å². The molecule has 0 amide bonds. The molecule has 3 heteroatoms. The van der Waals surface area contributed by atoms with Crippen molar-refractivity contribution in [1.29, 1.82) is 0 Å². The van der Waals surface area contributed by atoms with Crippen LogP contribution in [-0.4, -0.2) is 0 Å². The minimum Gasteiger partial charge on any atom is -0.405 e. The van der Waals surface area contributed by atoms with Crippen molar-refractivity contribution in [1.82, 2.24) is 0 Å². The number of hydrogen-bond donors (Lipinski definition) is 0. The van der Waals surface area contributed by atoms with Gasteiger partial charge in [0.1, 0.15) is 5.75 Å². The molecule has 122 valence electrons. The van der Waals surface area contributed by atoms with Gasteiger partial charge in [-0.2, -0.15) is 4.57 Å². The van der Waals surface area contributed by atoms with Crippen molar-refractivity contribution in [2.45, 2.75) is 6.54 Å². The van der Waals surface area contributed by atoms with Crippen LogP contribution in [0, 0.1) is 0 Å². The number of hydrogen-bond acceptors (Lipinski definition) is 1. The van der Waals surface area contributed by atoms with E-state index in [-0.39, 0.29) is 0 Å². The predicted octanol–water partition coefficient (Wildman–Crippen LogP) is 5.62. The molecule has 0 aliphatic rings. The Bertz CT molecular complexity index is 1010. The Morgan fingerprint density at radius 2 is 1.56 bits per heavy atom. The number of fused-ring (bicyclic) bond motifs is 1. The summed E-state index contributed by atoms with van der Waals surface area (Å²) in [5.41, 5.74) is 2.35. The number of benzene rings is 3. The van der Waals surface area contributed by atoms with Crippen LogP contribution in [0.4, 0.5) is 0 Å². The van der Waals surface area contributed by atoms with Crippen molar-refractivity contribution in [3.8, 4) is 11.6 Å². The van der Waals surface area contributed by atoms with Gasteiger partial charge in [0.25, 0.3) is 0 Å². The van der Waals surface area contributed by atoms with Crippen LogP contribution in [0.5, 0.6) is 11.6 Å². The average molecular weight is 347 g/mol. The fourth-order valence-corrected chi connectivity index (χ4v) is 3.09. The summed E-state index contributed by atoms with van der Waals surface area (Å²) in [4.78, 5) is 0. The summed E-state index contributed by atoms with van der Waals surface area (Å²) in [5, 5.41) is 1.84. The van der Waals surface area contributed by atoms with Crippen LogP contribution in [0.15, 0.2) is 91.0 Å². The predicted molar refractivity (Wildman–Crippen MR) is 101 cm³/mol. The van der Waals surface area contributed by atoms with Gasteiger partial charge in [0.05, 0.1) is 6.07 Å². The fraction of sp³-hybridized carbons (Fsp3) is 0.0455. The van der Waals surface area contributed by atoms with Gasteiger partial charge in [-0.1, -0.05) is 60.1 Å². The second-order valence-electron chi connectivity index (χ2n) is 5.86. The summed E-state index contributed by atoms with van der Waals surface area (Å²) in [6.45, 7) is 0.734. The normalized spacial score (nSPS) is 10.8. The number of rotatable bonds is 4. The van der Waals surface area contributed by atoms with Crippen LogP contribution >= 0.6 is 11.6 Å². The molecule has 0 atom stereocenters. The van der Waals surface area contributed by atoms with Crippen LogP contribution in [0.25, 0.3) is 10.9 Å². The van der Waals surface area contributed by atoms with Gasteiger partial charge in [0, 0.05) is 22.0 Å². The van der Waals surface area contributed by atoms with Gasteiger partial charge in [0.2, 0.25) is 5.52 Å². The minimum absolute atomic E-state index is 0.660. The largest absolute Gasteiger partial charge is 0.405 e. The molecule has 0 saturated heterocycles. The van der Waals surface area contributed by atoms with Crippen LogP contribution in [0.1, 0.15) is 5.56 Å². The van der Waals surface area contributed by atoms with Gasteiger partial charge < -0.3 is 4.74 Å². The maximum atomic E-state index is 6.15. The van der Waals surface area contributed by atoms with E-state index in [0.29, 0.717) is 5.02 Å². The lowest BCUT2D eigenvalue weighted by Gasteiger charge is -2.09. The smallest absolute Gasteiger partial charge is 0.374 e. The quantitative estimate of drug-likeness (QED) is 0.437. The van der Waals surface area contributed by atoms with Crippen molar-refractivity contribution in [3.05, 3.63) is 102 Å². The van der Waals surface area contributed by atoms with Gasteiger partial charge in [-0.05, 0) is 30.3 Å². The molecule has 2 nitrogen and oxygen atoms in total. The van der Waals surface area contributed by atoms with E-state index < -0.39 is 0 Å². The zero-order valence-electron chi connectivity index (χ0n) is 13.6. The highest BCUT2D eigenvalue weighted by Crippen LogP contribution is 2.24. The lowest BCUT2D eigenvalue weighted by Crippen LogP contribution is -2.36. The molecule has 1 heterocycles. The third kappa shape index (κ3) is 3.49. The molecule has 3 aromatic carbocycles. The molecular formula is C22H17ClNO+. The molecule has 0 aliphatic carbocycles. The Balaban J connectivity index is 1.81. The molecule has 1 aromatic heterocycles. The van der Waals surface area contributed by atoms with Crippen LogP contribution < -0.4 is 9.30 Å². The maximum Gasteiger partial charge on any atom is 0.374 e.